The van der Waals surface area contributed by atoms with E-state index in [0.29, 0.717) is 12.1 Å². The third kappa shape index (κ3) is 4.88. The first-order chi connectivity index (χ1) is 11.9. The molecule has 0 radical (unpaired) electrons. The zero-order valence-electron chi connectivity index (χ0n) is 12.6. The lowest BCUT2D eigenvalue weighted by molar-refractivity contribution is -0.274. The third-order valence-electron chi connectivity index (χ3n) is 3.23. The highest BCUT2D eigenvalue weighted by Crippen LogP contribution is 2.36. The monoisotopic (exact) mass is 380 g/mol. The number of aliphatic carboxylic acids is 1. The van der Waals surface area contributed by atoms with Gasteiger partial charge < -0.3 is 14.9 Å². The SMILES string of the molecule is O=C(O)C(O)c1cc(-c2cccc(OC(F)(F)F)c2)cc(C(F)(F)F)c1. The number of rotatable bonds is 4. The van der Waals surface area contributed by atoms with Crippen molar-refractivity contribution in [3.63, 3.8) is 0 Å². The summed E-state index contributed by atoms with van der Waals surface area (Å²) in [6.07, 6.45) is -12.1. The van der Waals surface area contributed by atoms with Crippen molar-refractivity contribution in [1.82, 2.24) is 0 Å². The Labute approximate surface area is 142 Å². The Morgan fingerprint density at radius 3 is 2.15 bits per heavy atom. The lowest BCUT2D eigenvalue weighted by Gasteiger charge is -2.15. The van der Waals surface area contributed by atoms with Gasteiger partial charge in [-0.15, -0.1) is 13.2 Å². The highest BCUT2D eigenvalue weighted by molar-refractivity contribution is 5.76. The Bertz CT molecular complexity index is 813. The fraction of sp³-hybridized carbons (Fsp3) is 0.188. The zero-order valence-corrected chi connectivity index (χ0v) is 12.6. The first kappa shape index (κ1) is 19.6. The van der Waals surface area contributed by atoms with Crippen molar-refractivity contribution in [2.75, 3.05) is 0 Å². The molecule has 1 unspecified atom stereocenters. The number of carboxylic acids is 1. The summed E-state index contributed by atoms with van der Waals surface area (Å²) in [5, 5.41) is 18.3. The average Bonchev–Trinajstić information content (AvgIpc) is 2.51. The molecule has 0 bridgehead atoms. The summed E-state index contributed by atoms with van der Waals surface area (Å²) in [6, 6.07) is 6.18. The Morgan fingerprint density at radius 2 is 1.62 bits per heavy atom. The molecule has 0 aliphatic rings. The quantitative estimate of drug-likeness (QED) is 0.773. The molecule has 0 aliphatic heterocycles. The number of benzene rings is 2. The molecular weight excluding hydrogens is 370 g/mol. The minimum Gasteiger partial charge on any atom is -0.479 e. The van der Waals surface area contributed by atoms with Crippen molar-refractivity contribution in [2.24, 2.45) is 0 Å². The van der Waals surface area contributed by atoms with Gasteiger partial charge in [0.05, 0.1) is 5.56 Å². The molecule has 0 heterocycles. The fourth-order valence-electron chi connectivity index (χ4n) is 2.16. The van der Waals surface area contributed by atoms with Gasteiger partial charge in [-0.2, -0.15) is 13.2 Å². The van der Waals surface area contributed by atoms with Gasteiger partial charge in [0.15, 0.2) is 6.10 Å². The number of carboxylic acid groups (broad SMARTS) is 1. The van der Waals surface area contributed by atoms with Gasteiger partial charge in [-0.05, 0) is 47.0 Å². The van der Waals surface area contributed by atoms with Crippen molar-refractivity contribution < 1.29 is 46.1 Å². The Balaban J connectivity index is 2.56. The number of hydrogen-bond donors (Lipinski definition) is 2. The van der Waals surface area contributed by atoms with Crippen LogP contribution >= 0.6 is 0 Å². The van der Waals surface area contributed by atoms with Crippen molar-refractivity contribution in [3.05, 3.63) is 53.6 Å². The standard InChI is InChI=1S/C16H10F6O4/c17-15(18,19)11-5-9(4-10(6-11)13(23)14(24)25)8-2-1-3-12(7-8)26-16(20,21)22/h1-7,13,23H,(H,24,25). The average molecular weight is 380 g/mol. The molecule has 140 valence electrons. The van der Waals surface area contributed by atoms with Crippen LogP contribution in [0.15, 0.2) is 42.5 Å². The summed E-state index contributed by atoms with van der Waals surface area (Å²) in [5.74, 6) is -2.43. The minimum absolute atomic E-state index is 0.0864. The van der Waals surface area contributed by atoms with Crippen LogP contribution in [0.2, 0.25) is 0 Å². The zero-order chi connectivity index (χ0) is 19.7. The van der Waals surface area contributed by atoms with Gasteiger partial charge in [0.2, 0.25) is 0 Å². The molecule has 2 aromatic rings. The maximum Gasteiger partial charge on any atom is 0.573 e. The molecule has 4 nitrogen and oxygen atoms in total. The van der Waals surface area contributed by atoms with E-state index < -0.39 is 41.5 Å². The maximum atomic E-state index is 13.0. The van der Waals surface area contributed by atoms with E-state index in [0.717, 1.165) is 24.3 Å². The molecule has 2 aromatic carbocycles. The molecule has 0 saturated carbocycles. The van der Waals surface area contributed by atoms with E-state index in [-0.39, 0.29) is 11.1 Å². The van der Waals surface area contributed by atoms with Crippen LogP contribution in [0.3, 0.4) is 0 Å². The predicted octanol–water partition coefficient (Wildman–Crippen LogP) is 4.39. The van der Waals surface area contributed by atoms with Crippen molar-refractivity contribution in [3.8, 4) is 16.9 Å². The lowest BCUT2D eigenvalue weighted by atomic mass is 9.97. The van der Waals surface area contributed by atoms with E-state index in [2.05, 4.69) is 4.74 Å². The molecule has 2 rings (SSSR count). The molecule has 1 atom stereocenters. The number of ether oxygens (including phenoxy) is 1. The van der Waals surface area contributed by atoms with Gasteiger partial charge in [0, 0.05) is 0 Å². The van der Waals surface area contributed by atoms with Crippen LogP contribution in [0.25, 0.3) is 11.1 Å². The van der Waals surface area contributed by atoms with Crippen LogP contribution in [-0.4, -0.2) is 22.5 Å². The first-order valence-corrected chi connectivity index (χ1v) is 6.86. The van der Waals surface area contributed by atoms with Crippen molar-refractivity contribution in [1.29, 1.82) is 0 Å². The van der Waals surface area contributed by atoms with E-state index >= 15 is 0 Å². The van der Waals surface area contributed by atoms with E-state index in [9.17, 15) is 36.2 Å². The fourth-order valence-corrected chi connectivity index (χ4v) is 2.16. The van der Waals surface area contributed by atoms with Crippen LogP contribution < -0.4 is 4.74 Å². The van der Waals surface area contributed by atoms with Crippen LogP contribution in [0.4, 0.5) is 26.3 Å². The lowest BCUT2D eigenvalue weighted by Crippen LogP contribution is -2.17. The Hall–Kier alpha value is -2.75. The molecule has 0 aromatic heterocycles. The van der Waals surface area contributed by atoms with E-state index in [1.807, 2.05) is 0 Å². The molecule has 0 fully saturated rings. The number of hydrogen-bond acceptors (Lipinski definition) is 3. The topological polar surface area (TPSA) is 66.8 Å². The van der Waals surface area contributed by atoms with Crippen LogP contribution in [-0.2, 0) is 11.0 Å². The van der Waals surface area contributed by atoms with E-state index in [1.165, 1.54) is 6.07 Å². The summed E-state index contributed by atoms with van der Waals surface area (Å²) in [5.41, 5.74) is -2.14. The van der Waals surface area contributed by atoms with Gasteiger partial charge in [-0.3, -0.25) is 0 Å². The number of aliphatic hydroxyl groups excluding tert-OH is 1. The molecule has 26 heavy (non-hydrogen) atoms. The Kier molecular flexibility index (Phi) is 5.17. The molecule has 0 spiro atoms. The number of alkyl halides is 6. The molecule has 0 aliphatic carbocycles. The normalized spacial score (nSPS) is 13.3. The van der Waals surface area contributed by atoms with Gasteiger partial charge in [-0.25, -0.2) is 4.79 Å². The second-order valence-corrected chi connectivity index (χ2v) is 5.16. The second-order valence-electron chi connectivity index (χ2n) is 5.16. The van der Waals surface area contributed by atoms with E-state index in [4.69, 9.17) is 5.11 Å². The summed E-state index contributed by atoms with van der Waals surface area (Å²) < 4.78 is 79.6. The molecular formula is C16H10F6O4. The van der Waals surface area contributed by atoms with Crippen molar-refractivity contribution >= 4 is 5.97 Å². The summed E-state index contributed by atoms with van der Waals surface area (Å²) in [4.78, 5) is 10.8. The second kappa shape index (κ2) is 6.87. The van der Waals surface area contributed by atoms with E-state index in [1.54, 1.807) is 0 Å². The van der Waals surface area contributed by atoms with Gasteiger partial charge >= 0.3 is 18.5 Å². The molecule has 0 amide bonds. The van der Waals surface area contributed by atoms with Gasteiger partial charge in [0.25, 0.3) is 0 Å². The van der Waals surface area contributed by atoms with Gasteiger partial charge in [0.1, 0.15) is 5.75 Å². The number of carbonyl (C=O) groups is 1. The number of aliphatic hydroxyl groups is 1. The minimum atomic E-state index is -4.99. The molecule has 0 saturated heterocycles. The predicted molar refractivity (Wildman–Crippen MR) is 76.2 cm³/mol. The molecule has 10 heteroatoms. The highest BCUT2D eigenvalue weighted by atomic mass is 19.4. The summed E-state index contributed by atoms with van der Waals surface area (Å²) in [7, 11) is 0. The first-order valence-electron chi connectivity index (χ1n) is 6.86. The summed E-state index contributed by atoms with van der Waals surface area (Å²) >= 11 is 0. The smallest absolute Gasteiger partial charge is 0.479 e. The number of halogens is 6. The maximum absolute atomic E-state index is 13.0. The Morgan fingerprint density at radius 1 is 0.962 bits per heavy atom. The largest absolute Gasteiger partial charge is 0.573 e. The van der Waals surface area contributed by atoms with Crippen LogP contribution in [0, 0.1) is 0 Å². The molecule has 2 N–H and O–H groups in total. The van der Waals surface area contributed by atoms with Crippen LogP contribution in [0.5, 0.6) is 5.75 Å². The highest BCUT2D eigenvalue weighted by Gasteiger charge is 2.33. The van der Waals surface area contributed by atoms with Crippen LogP contribution in [0.1, 0.15) is 17.2 Å². The van der Waals surface area contributed by atoms with Gasteiger partial charge in [-0.1, -0.05) is 12.1 Å². The summed E-state index contributed by atoms with van der Waals surface area (Å²) in [6.45, 7) is 0. The third-order valence-corrected chi connectivity index (χ3v) is 3.23. The van der Waals surface area contributed by atoms with Crippen molar-refractivity contribution in [2.45, 2.75) is 18.6 Å².